The Kier molecular flexibility index (Phi) is 5.96. The number of halogens is 6. The van der Waals surface area contributed by atoms with E-state index in [0.29, 0.717) is 24.3 Å². The van der Waals surface area contributed by atoms with Crippen molar-refractivity contribution in [2.45, 2.75) is 44.7 Å². The summed E-state index contributed by atoms with van der Waals surface area (Å²) in [7, 11) is 0. The van der Waals surface area contributed by atoms with Crippen molar-refractivity contribution in [2.24, 2.45) is 10.4 Å². The zero-order valence-corrected chi connectivity index (χ0v) is 17.6. The number of hydrogen-bond donors (Lipinski definition) is 1. The Bertz CT molecular complexity index is 1080. The van der Waals surface area contributed by atoms with Crippen LogP contribution in [-0.4, -0.2) is 33.8 Å². The van der Waals surface area contributed by atoms with Crippen molar-refractivity contribution in [1.29, 1.82) is 5.26 Å². The Morgan fingerprint density at radius 2 is 1.76 bits per heavy atom. The number of rotatable bonds is 4. The van der Waals surface area contributed by atoms with E-state index in [1.165, 1.54) is 12.3 Å². The zero-order chi connectivity index (χ0) is 24.8. The number of hydrogen-bond acceptors (Lipinski definition) is 4. The van der Waals surface area contributed by atoms with E-state index in [9.17, 15) is 36.2 Å². The van der Waals surface area contributed by atoms with Gasteiger partial charge in [0, 0.05) is 30.4 Å². The smallest absolute Gasteiger partial charge is 0.416 e. The van der Waals surface area contributed by atoms with E-state index in [-0.39, 0.29) is 24.7 Å². The van der Waals surface area contributed by atoms with Crippen LogP contribution in [0.2, 0.25) is 0 Å². The van der Waals surface area contributed by atoms with Crippen LogP contribution in [0, 0.1) is 16.7 Å². The van der Waals surface area contributed by atoms with Crippen LogP contribution < -0.4 is 0 Å². The molecule has 2 unspecified atom stereocenters. The van der Waals surface area contributed by atoms with E-state index in [4.69, 9.17) is 5.26 Å². The molecule has 1 saturated heterocycles. The van der Waals surface area contributed by atoms with Gasteiger partial charge in [0.05, 0.1) is 16.7 Å². The normalized spacial score (nSPS) is 26.0. The second kappa shape index (κ2) is 8.02. The molecular weight excluding hydrogens is 452 g/mol. The molecule has 1 aromatic carbocycles. The second-order valence-electron chi connectivity index (χ2n) is 8.50. The number of benzene rings is 1. The first-order valence-electron chi connectivity index (χ1n) is 9.73. The standard InChI is InChI=1S/C22H19F6N3O2/c1-19(9-14(10-29)17(32)33)12-31(20(2)4-3-5-30-18(19)20)11-13-6-15(21(23,24)25)8-16(7-13)22(26,27)28/h3,5-9H,4,11-12H2,1-2H3,(H,32,33)/b14-9+. The van der Waals surface area contributed by atoms with Gasteiger partial charge in [-0.3, -0.25) is 9.89 Å². The molecule has 0 radical (unpaired) electrons. The molecule has 0 aromatic heterocycles. The molecular formula is C22H19F6N3O2. The summed E-state index contributed by atoms with van der Waals surface area (Å²) in [6, 6.07) is 3.02. The van der Waals surface area contributed by atoms with Gasteiger partial charge in [0.1, 0.15) is 11.6 Å². The number of nitriles is 1. The number of carboxylic acids is 1. The Hall–Kier alpha value is -3.13. The first-order chi connectivity index (χ1) is 15.1. The number of alkyl halides is 6. The van der Waals surface area contributed by atoms with Crippen LogP contribution in [0.1, 0.15) is 37.0 Å². The number of aliphatic imine (C=N–C) groups is 1. The van der Waals surface area contributed by atoms with Gasteiger partial charge in [-0.1, -0.05) is 6.08 Å². The SMILES string of the molecule is CC1(/C=C(\C#N)C(=O)O)CN(Cc2cc(C(F)(F)F)cc(C(F)(F)F)c2)C2(C)CC=CN=C12. The average molecular weight is 471 g/mol. The number of fused-ring (bicyclic) bond motifs is 1. The molecule has 5 nitrogen and oxygen atoms in total. The highest BCUT2D eigenvalue weighted by Crippen LogP contribution is 2.45. The number of likely N-dealkylation sites (tertiary alicyclic amines) is 1. The third-order valence-corrected chi connectivity index (χ3v) is 5.93. The van der Waals surface area contributed by atoms with Gasteiger partial charge >= 0.3 is 18.3 Å². The maximum Gasteiger partial charge on any atom is 0.416 e. The summed E-state index contributed by atoms with van der Waals surface area (Å²) >= 11 is 0. The molecule has 3 rings (SSSR count). The third kappa shape index (κ3) is 4.66. The molecule has 1 aromatic rings. The fourth-order valence-corrected chi connectivity index (χ4v) is 4.47. The molecule has 0 bridgehead atoms. The van der Waals surface area contributed by atoms with Crippen molar-refractivity contribution in [3.05, 3.63) is 58.8 Å². The molecule has 2 aliphatic heterocycles. The first kappa shape index (κ1) is 24.5. The van der Waals surface area contributed by atoms with Gasteiger partial charge in [-0.05, 0) is 50.1 Å². The summed E-state index contributed by atoms with van der Waals surface area (Å²) in [5.74, 6) is -1.45. The number of carbonyl (C=O) groups is 1. The zero-order valence-electron chi connectivity index (χ0n) is 17.6. The van der Waals surface area contributed by atoms with Crippen molar-refractivity contribution >= 4 is 11.7 Å². The van der Waals surface area contributed by atoms with Gasteiger partial charge in [-0.15, -0.1) is 0 Å². The molecule has 2 atom stereocenters. The number of aliphatic carboxylic acids is 1. The first-order valence-corrected chi connectivity index (χ1v) is 9.73. The van der Waals surface area contributed by atoms with Gasteiger partial charge in [0.25, 0.3) is 0 Å². The summed E-state index contributed by atoms with van der Waals surface area (Å²) < 4.78 is 79.6. The molecule has 1 fully saturated rings. The van der Waals surface area contributed by atoms with E-state index in [0.717, 1.165) is 0 Å². The monoisotopic (exact) mass is 471 g/mol. The van der Waals surface area contributed by atoms with Crippen LogP contribution in [0.25, 0.3) is 0 Å². The fraction of sp³-hybridized carbons (Fsp3) is 0.409. The van der Waals surface area contributed by atoms with Gasteiger partial charge in [0.2, 0.25) is 0 Å². The van der Waals surface area contributed by atoms with Crippen LogP contribution in [0.4, 0.5) is 26.3 Å². The van der Waals surface area contributed by atoms with Crippen LogP contribution in [0.3, 0.4) is 0 Å². The predicted octanol–water partition coefficient (Wildman–Crippen LogP) is 5.20. The van der Waals surface area contributed by atoms with E-state index in [2.05, 4.69) is 4.99 Å². The highest BCUT2D eigenvalue weighted by atomic mass is 19.4. The van der Waals surface area contributed by atoms with Crippen LogP contribution in [0.15, 0.2) is 47.1 Å². The highest BCUT2D eigenvalue weighted by molar-refractivity contribution is 6.04. The van der Waals surface area contributed by atoms with E-state index < -0.39 is 46.0 Å². The predicted molar refractivity (Wildman–Crippen MR) is 106 cm³/mol. The summed E-state index contributed by atoms with van der Waals surface area (Å²) in [6.07, 6.45) is -5.13. The Labute approximate surface area is 185 Å². The van der Waals surface area contributed by atoms with Gasteiger partial charge in [0.15, 0.2) is 0 Å². The Morgan fingerprint density at radius 1 is 1.18 bits per heavy atom. The molecule has 11 heteroatoms. The lowest BCUT2D eigenvalue weighted by Gasteiger charge is -2.36. The molecule has 33 heavy (non-hydrogen) atoms. The van der Waals surface area contributed by atoms with Crippen LogP contribution in [0.5, 0.6) is 0 Å². The molecule has 0 saturated carbocycles. The maximum absolute atomic E-state index is 13.3. The third-order valence-electron chi connectivity index (χ3n) is 5.93. The molecule has 1 N–H and O–H groups in total. The van der Waals surface area contributed by atoms with Gasteiger partial charge in [-0.25, -0.2) is 4.79 Å². The number of carboxylic acid groups (broad SMARTS) is 1. The van der Waals surface area contributed by atoms with Gasteiger partial charge < -0.3 is 5.11 Å². The molecule has 0 aliphatic carbocycles. The van der Waals surface area contributed by atoms with E-state index in [1.54, 1.807) is 30.9 Å². The summed E-state index contributed by atoms with van der Waals surface area (Å²) in [5.41, 5.74) is -5.03. The van der Waals surface area contributed by atoms with Gasteiger partial charge in [-0.2, -0.15) is 31.6 Å². The van der Waals surface area contributed by atoms with E-state index >= 15 is 0 Å². The van der Waals surface area contributed by atoms with Crippen molar-refractivity contribution in [1.82, 2.24) is 4.90 Å². The van der Waals surface area contributed by atoms with E-state index in [1.807, 2.05) is 0 Å². The molecule has 176 valence electrons. The summed E-state index contributed by atoms with van der Waals surface area (Å²) in [4.78, 5) is 17.4. The molecule has 0 spiro atoms. The maximum atomic E-state index is 13.3. The lowest BCUT2D eigenvalue weighted by atomic mass is 9.77. The molecule has 2 aliphatic rings. The molecule has 0 amide bonds. The minimum atomic E-state index is -4.97. The van der Waals surface area contributed by atoms with Crippen LogP contribution >= 0.6 is 0 Å². The largest absolute Gasteiger partial charge is 0.477 e. The Morgan fingerprint density at radius 3 is 2.24 bits per heavy atom. The lowest BCUT2D eigenvalue weighted by Crippen LogP contribution is -2.46. The minimum absolute atomic E-state index is 0.0417. The van der Waals surface area contributed by atoms with Crippen molar-refractivity contribution in [3.8, 4) is 6.07 Å². The molecule has 2 heterocycles. The minimum Gasteiger partial charge on any atom is -0.477 e. The quantitative estimate of drug-likeness (QED) is 0.372. The lowest BCUT2D eigenvalue weighted by molar-refractivity contribution is -0.143. The summed E-state index contributed by atoms with van der Waals surface area (Å²) in [5, 5.41) is 18.4. The van der Waals surface area contributed by atoms with Crippen LogP contribution in [-0.2, 0) is 23.7 Å². The second-order valence-corrected chi connectivity index (χ2v) is 8.50. The number of nitrogens with zero attached hydrogens (tertiary/aromatic N) is 3. The average Bonchev–Trinajstić information content (AvgIpc) is 2.91. The van der Waals surface area contributed by atoms with Crippen molar-refractivity contribution < 1.29 is 36.2 Å². The topological polar surface area (TPSA) is 76.7 Å². The van der Waals surface area contributed by atoms with Crippen molar-refractivity contribution in [2.75, 3.05) is 6.54 Å². The Balaban J connectivity index is 2.08. The summed E-state index contributed by atoms with van der Waals surface area (Å²) in [6.45, 7) is 3.14. The highest BCUT2D eigenvalue weighted by Gasteiger charge is 2.53. The van der Waals surface area contributed by atoms with Crippen molar-refractivity contribution in [3.63, 3.8) is 0 Å². The fourth-order valence-electron chi connectivity index (χ4n) is 4.47.